The van der Waals surface area contributed by atoms with Gasteiger partial charge in [0.05, 0.1) is 12.6 Å². The molecule has 19 heavy (non-hydrogen) atoms. The Labute approximate surface area is 117 Å². The predicted octanol–water partition coefficient (Wildman–Crippen LogP) is 3.18. The molecule has 0 spiro atoms. The van der Waals surface area contributed by atoms with Gasteiger partial charge < -0.3 is 10.0 Å². The Morgan fingerprint density at radius 2 is 2.05 bits per heavy atom. The first-order valence-corrected chi connectivity index (χ1v) is 7.04. The van der Waals surface area contributed by atoms with Gasteiger partial charge in [-0.1, -0.05) is 18.2 Å². The zero-order valence-corrected chi connectivity index (χ0v) is 12.0. The number of aromatic hydroxyl groups is 1. The van der Waals surface area contributed by atoms with Crippen LogP contribution in [0.15, 0.2) is 46.8 Å². The normalized spacial score (nSPS) is 13.2. The maximum atomic E-state index is 9.67. The zero-order chi connectivity index (χ0) is 13.7. The van der Waals surface area contributed by atoms with Crippen LogP contribution in [0, 0.1) is 0 Å². The van der Waals surface area contributed by atoms with Gasteiger partial charge in [-0.2, -0.15) is 0 Å². The first-order chi connectivity index (χ1) is 9.18. The molecule has 3 nitrogen and oxygen atoms in total. The van der Waals surface area contributed by atoms with Crippen LogP contribution in [0.4, 0.5) is 0 Å². The first-order valence-electron chi connectivity index (χ1n) is 6.16. The predicted molar refractivity (Wildman–Crippen MR) is 81.3 cm³/mol. The number of likely N-dealkylation sites (N-methyl/N-ethyl adjacent to an activating group) is 1. The van der Waals surface area contributed by atoms with E-state index in [-0.39, 0.29) is 11.8 Å². The van der Waals surface area contributed by atoms with Crippen molar-refractivity contribution in [3.8, 4) is 5.75 Å². The molecule has 0 amide bonds. The zero-order valence-electron chi connectivity index (χ0n) is 11.2. The minimum Gasteiger partial charge on any atom is -0.507 e. The number of rotatable bonds is 5. The fraction of sp³-hybridized carbons (Fsp3) is 0.267. The van der Waals surface area contributed by atoms with E-state index in [9.17, 15) is 5.11 Å². The molecule has 0 aliphatic heterocycles. The van der Waals surface area contributed by atoms with Crippen molar-refractivity contribution in [3.63, 3.8) is 0 Å². The molecule has 1 atom stereocenters. The standard InChI is InChI=1S/C15H18N2OS/c1-17(2)13(15-8-5-9-19-15)11-16-10-12-6-3-4-7-14(12)18/h3-10,13,18H,11H2,1-2H3/t13-/m0/s1. The van der Waals surface area contributed by atoms with Crippen molar-refractivity contribution in [1.82, 2.24) is 4.90 Å². The molecule has 0 radical (unpaired) electrons. The summed E-state index contributed by atoms with van der Waals surface area (Å²) in [4.78, 5) is 7.93. The summed E-state index contributed by atoms with van der Waals surface area (Å²) in [6.07, 6.45) is 1.74. The van der Waals surface area contributed by atoms with Crippen molar-refractivity contribution >= 4 is 17.6 Å². The highest BCUT2D eigenvalue weighted by atomic mass is 32.1. The summed E-state index contributed by atoms with van der Waals surface area (Å²) < 4.78 is 0. The molecule has 0 saturated carbocycles. The van der Waals surface area contributed by atoms with Gasteiger partial charge in [-0.05, 0) is 37.7 Å². The first kappa shape index (κ1) is 13.8. The molecule has 4 heteroatoms. The highest BCUT2D eigenvalue weighted by Crippen LogP contribution is 2.23. The van der Waals surface area contributed by atoms with Crippen LogP contribution >= 0.6 is 11.3 Å². The summed E-state index contributed by atoms with van der Waals surface area (Å²) in [5.41, 5.74) is 0.756. The van der Waals surface area contributed by atoms with Gasteiger partial charge >= 0.3 is 0 Å². The van der Waals surface area contributed by atoms with Crippen molar-refractivity contribution in [2.45, 2.75) is 6.04 Å². The molecule has 0 fully saturated rings. The number of hydrogen-bond acceptors (Lipinski definition) is 4. The maximum Gasteiger partial charge on any atom is 0.124 e. The summed E-state index contributed by atoms with van der Waals surface area (Å²) in [7, 11) is 4.11. The fourth-order valence-corrected chi connectivity index (χ4v) is 2.75. The molecule has 100 valence electrons. The number of thiophene rings is 1. The summed E-state index contributed by atoms with van der Waals surface area (Å²) in [6, 6.07) is 11.7. The minimum absolute atomic E-state index is 0.267. The molecule has 1 aromatic carbocycles. The molecule has 0 unspecified atom stereocenters. The molecule has 0 aliphatic rings. The summed E-state index contributed by atoms with van der Waals surface area (Å²) in [6.45, 7) is 0.682. The van der Waals surface area contributed by atoms with Gasteiger partial charge in [0.1, 0.15) is 5.75 Å². The monoisotopic (exact) mass is 274 g/mol. The van der Waals surface area contributed by atoms with E-state index in [0.29, 0.717) is 6.54 Å². The number of phenolic OH excluding ortho intramolecular Hbond substituents is 1. The van der Waals surface area contributed by atoms with Gasteiger partial charge in [0, 0.05) is 16.7 Å². The van der Waals surface area contributed by atoms with Crippen LogP contribution in [-0.4, -0.2) is 36.9 Å². The second-order valence-electron chi connectivity index (χ2n) is 4.55. The Bertz CT molecular complexity index is 535. The van der Waals surface area contributed by atoms with E-state index in [1.807, 2.05) is 12.1 Å². The second kappa shape index (κ2) is 6.50. The molecule has 1 N–H and O–H groups in total. The number of aliphatic imine (C=N–C) groups is 1. The number of benzene rings is 1. The van der Waals surface area contributed by atoms with Gasteiger partial charge in [0.15, 0.2) is 0 Å². The Morgan fingerprint density at radius 3 is 2.68 bits per heavy atom. The minimum atomic E-state index is 0.267. The third-order valence-electron chi connectivity index (χ3n) is 2.94. The van der Waals surface area contributed by atoms with Crippen LogP contribution in [-0.2, 0) is 0 Å². The van der Waals surface area contributed by atoms with E-state index < -0.39 is 0 Å². The van der Waals surface area contributed by atoms with Gasteiger partial charge in [0.25, 0.3) is 0 Å². The lowest BCUT2D eigenvalue weighted by molar-refractivity contribution is 0.311. The number of nitrogens with zero attached hydrogens (tertiary/aromatic N) is 2. The molecule has 1 aromatic heterocycles. The van der Waals surface area contributed by atoms with Crippen LogP contribution in [0.3, 0.4) is 0 Å². The van der Waals surface area contributed by atoms with Crippen molar-refractivity contribution in [3.05, 3.63) is 52.2 Å². The van der Waals surface area contributed by atoms with Gasteiger partial charge in [-0.3, -0.25) is 4.99 Å². The van der Waals surface area contributed by atoms with Crippen LogP contribution in [0.25, 0.3) is 0 Å². The Kier molecular flexibility index (Phi) is 4.71. The number of hydrogen-bond donors (Lipinski definition) is 1. The van der Waals surface area contributed by atoms with Gasteiger partial charge in [0.2, 0.25) is 0 Å². The number of phenols is 1. The van der Waals surface area contributed by atoms with Crippen LogP contribution in [0.5, 0.6) is 5.75 Å². The molecule has 2 rings (SSSR count). The third-order valence-corrected chi connectivity index (χ3v) is 3.91. The molecule has 0 aliphatic carbocycles. The van der Waals surface area contributed by atoms with E-state index in [1.54, 1.807) is 29.7 Å². The highest BCUT2D eigenvalue weighted by molar-refractivity contribution is 7.10. The SMILES string of the molecule is CN(C)[C@@H](CN=Cc1ccccc1O)c1cccs1. The molecular weight excluding hydrogens is 256 g/mol. The van der Waals surface area contributed by atoms with Crippen molar-refractivity contribution in [1.29, 1.82) is 0 Å². The third kappa shape index (κ3) is 3.66. The smallest absolute Gasteiger partial charge is 0.124 e. The maximum absolute atomic E-state index is 9.67. The van der Waals surface area contributed by atoms with Crippen LogP contribution in [0.2, 0.25) is 0 Å². The van der Waals surface area contributed by atoms with Crippen molar-refractivity contribution in [2.24, 2.45) is 4.99 Å². The molecule has 1 heterocycles. The summed E-state index contributed by atoms with van der Waals surface area (Å²) in [5, 5.41) is 11.8. The average molecular weight is 274 g/mol. The summed E-state index contributed by atoms with van der Waals surface area (Å²) in [5.74, 6) is 0.267. The molecule has 0 bridgehead atoms. The largest absolute Gasteiger partial charge is 0.507 e. The lowest BCUT2D eigenvalue weighted by atomic mass is 10.2. The second-order valence-corrected chi connectivity index (χ2v) is 5.53. The van der Waals surface area contributed by atoms with E-state index in [2.05, 4.69) is 41.5 Å². The number of para-hydroxylation sites is 1. The Hall–Kier alpha value is -1.65. The van der Waals surface area contributed by atoms with Crippen molar-refractivity contribution in [2.75, 3.05) is 20.6 Å². The van der Waals surface area contributed by atoms with Gasteiger partial charge in [-0.15, -0.1) is 11.3 Å². The van der Waals surface area contributed by atoms with Crippen LogP contribution < -0.4 is 0 Å². The van der Waals surface area contributed by atoms with Crippen LogP contribution in [0.1, 0.15) is 16.5 Å². The fourth-order valence-electron chi connectivity index (χ4n) is 1.84. The quantitative estimate of drug-likeness (QED) is 0.850. The van der Waals surface area contributed by atoms with E-state index in [1.165, 1.54) is 4.88 Å². The molecular formula is C15H18N2OS. The Morgan fingerprint density at radius 1 is 1.26 bits per heavy atom. The average Bonchev–Trinajstić information content (AvgIpc) is 2.89. The van der Waals surface area contributed by atoms with Gasteiger partial charge in [-0.25, -0.2) is 0 Å². The highest BCUT2D eigenvalue weighted by Gasteiger charge is 2.13. The van der Waals surface area contributed by atoms with E-state index >= 15 is 0 Å². The van der Waals surface area contributed by atoms with E-state index in [4.69, 9.17) is 0 Å². The molecule has 2 aromatic rings. The molecule has 0 saturated heterocycles. The van der Waals surface area contributed by atoms with E-state index in [0.717, 1.165) is 5.56 Å². The topological polar surface area (TPSA) is 35.8 Å². The van der Waals surface area contributed by atoms with Crippen molar-refractivity contribution < 1.29 is 5.11 Å². The lowest BCUT2D eigenvalue weighted by Gasteiger charge is -2.21. The summed E-state index contributed by atoms with van der Waals surface area (Å²) >= 11 is 1.74. The Balaban J connectivity index is 2.06. The lowest BCUT2D eigenvalue weighted by Crippen LogP contribution is -2.21.